The minimum absolute atomic E-state index is 0.140. The zero-order chi connectivity index (χ0) is 16.9. The lowest BCUT2D eigenvalue weighted by atomic mass is 10.2. The number of hydrogen-bond acceptors (Lipinski definition) is 4. The molecule has 7 heteroatoms. The summed E-state index contributed by atoms with van der Waals surface area (Å²) in [5, 5.41) is 13.4. The van der Waals surface area contributed by atoms with Gasteiger partial charge in [-0.25, -0.2) is 9.48 Å². The van der Waals surface area contributed by atoms with Crippen LogP contribution in [-0.4, -0.2) is 43.2 Å². The van der Waals surface area contributed by atoms with Gasteiger partial charge in [0, 0.05) is 19.3 Å². The summed E-state index contributed by atoms with van der Waals surface area (Å²) in [5.41, 5.74) is 1.09. The molecule has 0 bridgehead atoms. The monoisotopic (exact) mass is 326 g/mol. The van der Waals surface area contributed by atoms with Gasteiger partial charge >= 0.3 is 5.69 Å². The second kappa shape index (κ2) is 7.10. The maximum Gasteiger partial charge on any atom is 0.350 e. The quantitative estimate of drug-likeness (QED) is 0.716. The van der Waals surface area contributed by atoms with Gasteiger partial charge in [0.25, 0.3) is 0 Å². The molecule has 3 aromatic rings. The Morgan fingerprint density at radius 1 is 1.12 bits per heavy atom. The van der Waals surface area contributed by atoms with E-state index in [0.717, 1.165) is 10.2 Å². The third-order valence-corrected chi connectivity index (χ3v) is 3.71. The second-order valence-corrected chi connectivity index (χ2v) is 5.39. The standard InChI is InChI=1S/C17H18N4O3/c22-11-10-19(12-14-6-2-1-3-7-14)16(23)13-21-17(24)20-9-5-4-8-15(20)18-21/h1-9,22H,10-13H2. The predicted molar refractivity (Wildman–Crippen MR) is 88.4 cm³/mol. The molecule has 0 saturated carbocycles. The molecule has 1 aromatic carbocycles. The van der Waals surface area contributed by atoms with E-state index in [4.69, 9.17) is 0 Å². The average molecular weight is 326 g/mol. The van der Waals surface area contributed by atoms with Crippen LogP contribution in [-0.2, 0) is 17.9 Å². The topological polar surface area (TPSA) is 79.8 Å². The molecule has 2 aromatic heterocycles. The Morgan fingerprint density at radius 3 is 2.58 bits per heavy atom. The maximum atomic E-state index is 12.5. The summed E-state index contributed by atoms with van der Waals surface area (Å²) in [6.45, 7) is 0.282. The van der Waals surface area contributed by atoms with Crippen LogP contribution in [0.5, 0.6) is 0 Å². The Hall–Kier alpha value is -2.93. The largest absolute Gasteiger partial charge is 0.395 e. The first-order valence-electron chi connectivity index (χ1n) is 7.66. The number of amides is 1. The number of hydrogen-bond donors (Lipinski definition) is 1. The summed E-state index contributed by atoms with van der Waals surface area (Å²) >= 11 is 0. The van der Waals surface area contributed by atoms with E-state index < -0.39 is 0 Å². The number of pyridine rings is 1. The molecule has 124 valence electrons. The van der Waals surface area contributed by atoms with Crippen LogP contribution >= 0.6 is 0 Å². The summed E-state index contributed by atoms with van der Waals surface area (Å²) in [6, 6.07) is 14.7. The molecule has 0 fully saturated rings. The van der Waals surface area contributed by atoms with Crippen molar-refractivity contribution in [2.24, 2.45) is 0 Å². The molecule has 3 rings (SSSR count). The zero-order valence-electron chi connectivity index (χ0n) is 13.1. The minimum atomic E-state index is -0.359. The predicted octanol–water partition coefficient (Wildman–Crippen LogP) is 0.517. The van der Waals surface area contributed by atoms with Crippen molar-refractivity contribution in [3.63, 3.8) is 0 Å². The molecule has 0 aliphatic carbocycles. The number of aliphatic hydroxyl groups excluding tert-OH is 1. The van der Waals surface area contributed by atoms with Crippen LogP contribution in [0.15, 0.2) is 59.5 Å². The SMILES string of the molecule is O=C(Cn1nc2ccccn2c1=O)N(CCO)Cc1ccccc1. The summed E-state index contributed by atoms with van der Waals surface area (Å²) in [6.07, 6.45) is 1.61. The molecule has 0 unspecified atom stereocenters. The Kier molecular flexibility index (Phi) is 4.72. The van der Waals surface area contributed by atoms with Crippen LogP contribution in [0.25, 0.3) is 5.65 Å². The third kappa shape index (κ3) is 3.36. The Balaban J connectivity index is 1.79. The van der Waals surface area contributed by atoms with E-state index in [2.05, 4.69) is 5.10 Å². The highest BCUT2D eigenvalue weighted by atomic mass is 16.3. The highest BCUT2D eigenvalue weighted by molar-refractivity contribution is 5.76. The smallest absolute Gasteiger partial charge is 0.350 e. The summed E-state index contributed by atoms with van der Waals surface area (Å²) < 4.78 is 2.54. The molecule has 0 saturated heterocycles. The van der Waals surface area contributed by atoms with Gasteiger partial charge in [0.05, 0.1) is 6.61 Å². The van der Waals surface area contributed by atoms with Gasteiger partial charge in [-0.3, -0.25) is 9.20 Å². The van der Waals surface area contributed by atoms with E-state index in [1.165, 1.54) is 9.30 Å². The van der Waals surface area contributed by atoms with Crippen molar-refractivity contribution in [2.45, 2.75) is 13.1 Å². The van der Waals surface area contributed by atoms with Crippen LogP contribution < -0.4 is 5.69 Å². The number of rotatable bonds is 6. The van der Waals surface area contributed by atoms with Crippen molar-refractivity contribution in [2.75, 3.05) is 13.2 Å². The first-order chi connectivity index (χ1) is 11.7. The lowest BCUT2D eigenvalue weighted by Crippen LogP contribution is -2.38. The van der Waals surface area contributed by atoms with E-state index >= 15 is 0 Å². The molecular formula is C17H18N4O3. The van der Waals surface area contributed by atoms with E-state index in [9.17, 15) is 14.7 Å². The maximum absolute atomic E-state index is 12.5. The van der Waals surface area contributed by atoms with Gasteiger partial charge in [0.2, 0.25) is 5.91 Å². The second-order valence-electron chi connectivity index (χ2n) is 5.39. The number of carbonyl (C=O) groups is 1. The van der Waals surface area contributed by atoms with Gasteiger partial charge in [-0.15, -0.1) is 5.10 Å². The van der Waals surface area contributed by atoms with Crippen molar-refractivity contribution in [3.8, 4) is 0 Å². The fraction of sp³-hybridized carbons (Fsp3) is 0.235. The fourth-order valence-corrected chi connectivity index (χ4v) is 2.52. The van der Waals surface area contributed by atoms with Crippen molar-refractivity contribution in [1.29, 1.82) is 0 Å². The Morgan fingerprint density at radius 2 is 1.88 bits per heavy atom. The number of fused-ring (bicyclic) bond motifs is 1. The zero-order valence-corrected chi connectivity index (χ0v) is 13.1. The van der Waals surface area contributed by atoms with Crippen LogP contribution in [0.1, 0.15) is 5.56 Å². The first kappa shape index (κ1) is 15.9. The molecule has 0 aliphatic heterocycles. The normalized spacial score (nSPS) is 10.9. The highest BCUT2D eigenvalue weighted by Gasteiger charge is 2.17. The van der Waals surface area contributed by atoms with Gasteiger partial charge in [0.15, 0.2) is 5.65 Å². The molecule has 24 heavy (non-hydrogen) atoms. The van der Waals surface area contributed by atoms with Crippen LogP contribution in [0, 0.1) is 0 Å². The number of aromatic nitrogens is 3. The molecule has 7 nitrogen and oxygen atoms in total. The van der Waals surface area contributed by atoms with Crippen molar-refractivity contribution >= 4 is 11.6 Å². The van der Waals surface area contributed by atoms with Crippen LogP contribution in [0.4, 0.5) is 0 Å². The van der Waals surface area contributed by atoms with Gasteiger partial charge in [-0.05, 0) is 17.7 Å². The highest BCUT2D eigenvalue weighted by Crippen LogP contribution is 2.05. The Bertz CT molecular complexity index is 885. The molecular weight excluding hydrogens is 308 g/mol. The number of nitrogens with zero attached hydrogens (tertiary/aromatic N) is 4. The summed E-state index contributed by atoms with van der Waals surface area (Å²) in [7, 11) is 0. The average Bonchev–Trinajstić information content (AvgIpc) is 2.92. The molecule has 2 heterocycles. The number of carbonyl (C=O) groups excluding carboxylic acids is 1. The third-order valence-electron chi connectivity index (χ3n) is 3.71. The van der Waals surface area contributed by atoms with Crippen LogP contribution in [0.2, 0.25) is 0 Å². The van der Waals surface area contributed by atoms with Gasteiger partial charge in [-0.1, -0.05) is 36.4 Å². The molecule has 0 radical (unpaired) electrons. The first-order valence-corrected chi connectivity index (χ1v) is 7.66. The van der Waals surface area contributed by atoms with Crippen LogP contribution in [0.3, 0.4) is 0 Å². The van der Waals surface area contributed by atoms with E-state index in [0.29, 0.717) is 12.2 Å². The minimum Gasteiger partial charge on any atom is -0.395 e. The molecule has 0 atom stereocenters. The van der Waals surface area contributed by atoms with Gasteiger partial charge in [0.1, 0.15) is 6.54 Å². The Labute approximate surface area is 138 Å². The lowest BCUT2D eigenvalue weighted by Gasteiger charge is -2.21. The lowest BCUT2D eigenvalue weighted by molar-refractivity contribution is -0.133. The fourth-order valence-electron chi connectivity index (χ4n) is 2.52. The van der Waals surface area contributed by atoms with Crippen molar-refractivity contribution in [3.05, 3.63) is 70.8 Å². The number of benzene rings is 1. The van der Waals surface area contributed by atoms with E-state index in [1.54, 1.807) is 24.4 Å². The molecule has 0 spiro atoms. The summed E-state index contributed by atoms with van der Waals surface area (Å²) in [4.78, 5) is 26.3. The molecule has 1 N–H and O–H groups in total. The van der Waals surface area contributed by atoms with Crippen molar-refractivity contribution < 1.29 is 9.90 Å². The van der Waals surface area contributed by atoms with Gasteiger partial charge in [-0.2, -0.15) is 0 Å². The van der Waals surface area contributed by atoms with E-state index in [-0.39, 0.29) is 31.3 Å². The molecule has 1 amide bonds. The molecule has 0 aliphatic rings. The van der Waals surface area contributed by atoms with Gasteiger partial charge < -0.3 is 10.0 Å². The number of aliphatic hydroxyl groups is 1. The van der Waals surface area contributed by atoms with Crippen molar-refractivity contribution in [1.82, 2.24) is 19.1 Å². The van der Waals surface area contributed by atoms with E-state index in [1.807, 2.05) is 30.3 Å². The summed E-state index contributed by atoms with van der Waals surface area (Å²) in [5.74, 6) is -0.265.